The fourth-order valence-electron chi connectivity index (χ4n) is 4.54. The van der Waals surface area contributed by atoms with Crippen LogP contribution in [0.5, 0.6) is 0 Å². The molecule has 3 N–H and O–H groups in total. The molecule has 4 rings (SSSR count). The number of primary amides is 1. The first kappa shape index (κ1) is 24.4. The van der Waals surface area contributed by atoms with Gasteiger partial charge in [0.15, 0.2) is 17.6 Å². The van der Waals surface area contributed by atoms with Crippen LogP contribution >= 0.6 is 23.2 Å². The van der Waals surface area contributed by atoms with E-state index in [9.17, 15) is 9.59 Å². The highest BCUT2D eigenvalue weighted by atomic mass is 35.5. The Bertz CT molecular complexity index is 1090. The summed E-state index contributed by atoms with van der Waals surface area (Å²) in [6.45, 7) is 3.64. The van der Waals surface area contributed by atoms with Crippen LogP contribution in [0.3, 0.4) is 0 Å². The molecule has 2 saturated heterocycles. The minimum Gasteiger partial charge on any atom is -0.364 e. The predicted molar refractivity (Wildman–Crippen MR) is 131 cm³/mol. The lowest BCUT2D eigenvalue weighted by Crippen LogP contribution is -2.57. The fraction of sp³-hybridized carbons (Fsp3) is 0.500. The fourth-order valence-corrected chi connectivity index (χ4v) is 5.02. The van der Waals surface area contributed by atoms with Gasteiger partial charge in [-0.05, 0) is 17.7 Å². The molecule has 2 amide bonds. The smallest absolute Gasteiger partial charge is 0.281 e. The summed E-state index contributed by atoms with van der Waals surface area (Å²) >= 11 is 12.2. The van der Waals surface area contributed by atoms with Crippen molar-refractivity contribution in [2.24, 2.45) is 5.73 Å². The second-order valence-corrected chi connectivity index (χ2v) is 10.1. The molecule has 2 aromatic rings. The zero-order chi connectivity index (χ0) is 24.5. The van der Waals surface area contributed by atoms with Crippen molar-refractivity contribution in [1.82, 2.24) is 20.1 Å². The molecule has 3 heterocycles. The number of rotatable bonds is 6. The maximum atomic E-state index is 13.1. The summed E-state index contributed by atoms with van der Waals surface area (Å²) < 4.78 is 0.743. The quantitative estimate of drug-likeness (QED) is 0.572. The van der Waals surface area contributed by atoms with E-state index in [1.54, 1.807) is 18.2 Å². The van der Waals surface area contributed by atoms with Gasteiger partial charge in [-0.2, -0.15) is 4.98 Å². The second kappa shape index (κ2) is 9.89. The normalized spacial score (nSPS) is 19.8. The first-order chi connectivity index (χ1) is 16.2. The maximum Gasteiger partial charge on any atom is 0.281 e. The number of hydrogen-bond donors (Lipinski definition) is 2. The largest absolute Gasteiger partial charge is 0.364 e. The Balaban J connectivity index is 1.44. The van der Waals surface area contributed by atoms with Gasteiger partial charge in [-0.1, -0.05) is 29.3 Å². The third kappa shape index (κ3) is 5.18. The molecule has 34 heavy (non-hydrogen) atoms. The van der Waals surface area contributed by atoms with Crippen LogP contribution in [0, 0.1) is 0 Å². The molecule has 0 radical (unpaired) electrons. The van der Waals surface area contributed by atoms with Crippen LogP contribution in [0.2, 0.25) is 10.0 Å². The minimum atomic E-state index is -0.732. The van der Waals surface area contributed by atoms with E-state index in [0.29, 0.717) is 48.7 Å². The highest BCUT2D eigenvalue weighted by Crippen LogP contribution is 2.25. The Morgan fingerprint density at radius 2 is 1.91 bits per heavy atom. The van der Waals surface area contributed by atoms with Gasteiger partial charge < -0.3 is 25.3 Å². The molecule has 0 spiro atoms. The average molecular weight is 508 g/mol. The Hall–Kier alpha value is -2.69. The van der Waals surface area contributed by atoms with Crippen LogP contribution < -0.4 is 16.0 Å². The Labute approximate surface area is 208 Å². The molecular formula is C22H29Cl2N8O2+. The van der Waals surface area contributed by atoms with Gasteiger partial charge >= 0.3 is 0 Å². The van der Waals surface area contributed by atoms with Crippen molar-refractivity contribution in [3.8, 4) is 0 Å². The molecule has 1 aromatic heterocycles. The number of carbonyl (C=O) groups is 2. The molecule has 0 saturated carbocycles. The molecule has 1 atom stereocenters. The molecule has 2 aliphatic heterocycles. The highest BCUT2D eigenvalue weighted by molar-refractivity contribution is 6.35. The van der Waals surface area contributed by atoms with Crippen molar-refractivity contribution in [1.29, 1.82) is 0 Å². The van der Waals surface area contributed by atoms with Crippen LogP contribution in [-0.4, -0.2) is 89.2 Å². The number of carbonyl (C=O) groups excluding carboxylic acids is 2. The van der Waals surface area contributed by atoms with Gasteiger partial charge in [-0.3, -0.25) is 9.59 Å². The SMILES string of the molecule is C[N+]1(C)CCCC1C(=O)N1CCN(c2nnc(C(N)=O)c(NCc3ccc(Cl)cc3Cl)n2)CC1. The summed E-state index contributed by atoms with van der Waals surface area (Å²) in [4.78, 5) is 33.3. The van der Waals surface area contributed by atoms with E-state index < -0.39 is 5.91 Å². The van der Waals surface area contributed by atoms with Crippen molar-refractivity contribution >= 4 is 46.8 Å². The summed E-state index contributed by atoms with van der Waals surface area (Å²) in [5.41, 5.74) is 6.20. The third-order valence-electron chi connectivity index (χ3n) is 6.59. The summed E-state index contributed by atoms with van der Waals surface area (Å²) in [5, 5.41) is 12.2. The van der Waals surface area contributed by atoms with Gasteiger partial charge in [-0.15, -0.1) is 10.2 Å². The van der Waals surface area contributed by atoms with E-state index in [-0.39, 0.29) is 23.5 Å². The van der Waals surface area contributed by atoms with E-state index in [1.807, 2.05) is 9.80 Å². The van der Waals surface area contributed by atoms with Crippen molar-refractivity contribution < 1.29 is 14.1 Å². The van der Waals surface area contributed by atoms with Crippen LogP contribution in [-0.2, 0) is 11.3 Å². The molecule has 10 nitrogen and oxygen atoms in total. The maximum absolute atomic E-state index is 13.1. The number of nitrogens with zero attached hydrogens (tertiary/aromatic N) is 6. The number of amides is 2. The Kier molecular flexibility index (Phi) is 7.11. The molecular weight excluding hydrogens is 479 g/mol. The van der Waals surface area contributed by atoms with Gasteiger partial charge in [-0.25, -0.2) is 0 Å². The molecule has 182 valence electrons. The summed E-state index contributed by atoms with van der Waals surface area (Å²) in [6, 6.07) is 5.19. The topological polar surface area (TPSA) is 117 Å². The second-order valence-electron chi connectivity index (χ2n) is 9.24. The monoisotopic (exact) mass is 507 g/mol. The number of aromatic nitrogens is 3. The van der Waals surface area contributed by atoms with E-state index in [1.165, 1.54) is 0 Å². The van der Waals surface area contributed by atoms with Gasteiger partial charge in [0.05, 0.1) is 20.6 Å². The Morgan fingerprint density at radius 1 is 1.18 bits per heavy atom. The van der Waals surface area contributed by atoms with Crippen LogP contribution in [0.15, 0.2) is 18.2 Å². The van der Waals surface area contributed by atoms with Crippen LogP contribution in [0.1, 0.15) is 28.9 Å². The first-order valence-corrected chi connectivity index (χ1v) is 12.0. The lowest BCUT2D eigenvalue weighted by Gasteiger charge is -2.38. The van der Waals surface area contributed by atoms with E-state index in [0.717, 1.165) is 29.4 Å². The number of likely N-dealkylation sites (tertiary alicyclic amines) is 1. The number of likely N-dealkylation sites (N-methyl/N-ethyl adjacent to an activating group) is 1. The van der Waals surface area contributed by atoms with Gasteiger partial charge in [0.1, 0.15) is 0 Å². The molecule has 1 aromatic carbocycles. The molecule has 2 aliphatic rings. The number of nitrogens with one attached hydrogen (secondary N) is 1. The Morgan fingerprint density at radius 3 is 2.53 bits per heavy atom. The lowest BCUT2D eigenvalue weighted by atomic mass is 10.1. The molecule has 12 heteroatoms. The average Bonchev–Trinajstić information content (AvgIpc) is 3.16. The molecule has 0 aliphatic carbocycles. The number of quaternary nitrogens is 1. The first-order valence-electron chi connectivity index (χ1n) is 11.2. The number of benzene rings is 1. The standard InChI is InChI=1S/C22H28Cl2N8O2/c1-32(2)11-3-4-17(32)21(34)30-7-9-31(10-8-30)22-27-20(18(19(25)33)28-29-22)26-13-14-5-6-15(23)12-16(14)24/h5-6,12,17H,3-4,7-11,13H2,1-2H3,(H2-,25,26,27,29,33)/p+1. The van der Waals surface area contributed by atoms with Crippen molar-refractivity contribution in [3.63, 3.8) is 0 Å². The van der Waals surface area contributed by atoms with Crippen LogP contribution in [0.4, 0.5) is 11.8 Å². The van der Waals surface area contributed by atoms with Gasteiger partial charge in [0.2, 0.25) is 5.95 Å². The predicted octanol–water partition coefficient (Wildman–Crippen LogP) is 1.78. The lowest BCUT2D eigenvalue weighted by molar-refractivity contribution is -0.893. The molecule has 1 unspecified atom stereocenters. The van der Waals surface area contributed by atoms with E-state index >= 15 is 0 Å². The number of nitrogens with two attached hydrogens (primary N) is 1. The van der Waals surface area contributed by atoms with Crippen molar-refractivity contribution in [2.75, 3.05) is 57.0 Å². The summed E-state index contributed by atoms with van der Waals surface area (Å²) in [7, 11) is 4.24. The number of hydrogen-bond acceptors (Lipinski definition) is 7. The van der Waals surface area contributed by atoms with Gasteiger partial charge in [0.25, 0.3) is 11.8 Å². The highest BCUT2D eigenvalue weighted by Gasteiger charge is 2.42. The third-order valence-corrected chi connectivity index (χ3v) is 7.17. The van der Waals surface area contributed by atoms with Gasteiger partial charge in [0, 0.05) is 55.6 Å². The molecule has 2 fully saturated rings. The minimum absolute atomic E-state index is 0.0230. The zero-order valence-corrected chi connectivity index (χ0v) is 20.8. The summed E-state index contributed by atoms with van der Waals surface area (Å²) in [6.07, 6.45) is 2.01. The van der Waals surface area contributed by atoms with Crippen LogP contribution in [0.25, 0.3) is 0 Å². The van der Waals surface area contributed by atoms with Crippen molar-refractivity contribution in [2.45, 2.75) is 25.4 Å². The van der Waals surface area contributed by atoms with E-state index in [4.69, 9.17) is 28.9 Å². The van der Waals surface area contributed by atoms with Crippen molar-refractivity contribution in [3.05, 3.63) is 39.5 Å². The number of halogens is 2. The number of piperazine rings is 1. The van der Waals surface area contributed by atoms with E-state index in [2.05, 4.69) is 34.6 Å². The zero-order valence-electron chi connectivity index (χ0n) is 19.3. The molecule has 0 bridgehead atoms. The summed E-state index contributed by atoms with van der Waals surface area (Å²) in [5.74, 6) is 0.0854. The number of anilines is 2.